The predicted molar refractivity (Wildman–Crippen MR) is 116 cm³/mol. The zero-order valence-electron chi connectivity index (χ0n) is 16.2. The van der Waals surface area contributed by atoms with Gasteiger partial charge >= 0.3 is 0 Å². The van der Waals surface area contributed by atoms with Crippen LogP contribution in [0.3, 0.4) is 0 Å². The highest BCUT2D eigenvalue weighted by molar-refractivity contribution is 6.32. The molecule has 29 heavy (non-hydrogen) atoms. The standard InChI is InChI=1S/C23H24ClN3O2/c24-17-11-12-20-19(13-17)23(16-7-3-1-4-8-16)25-14-22(29)27(20)15-21(28)26-18-9-5-2-6-10-18/h1,3-4,7-8,11-13,18H,2,5-6,9-10,14-15H2,(H,26,28). The van der Waals surface area contributed by atoms with Crippen LogP contribution in [0.5, 0.6) is 0 Å². The molecule has 0 saturated heterocycles. The maximum absolute atomic E-state index is 12.9. The monoisotopic (exact) mass is 409 g/mol. The van der Waals surface area contributed by atoms with Crippen molar-refractivity contribution in [3.05, 3.63) is 64.7 Å². The summed E-state index contributed by atoms with van der Waals surface area (Å²) in [5.74, 6) is -0.326. The number of rotatable bonds is 4. The Hall–Kier alpha value is -2.66. The van der Waals surface area contributed by atoms with Crippen molar-refractivity contribution in [2.75, 3.05) is 18.0 Å². The largest absolute Gasteiger partial charge is 0.352 e. The molecule has 6 heteroatoms. The van der Waals surface area contributed by atoms with Gasteiger partial charge in [0.1, 0.15) is 13.1 Å². The van der Waals surface area contributed by atoms with Crippen LogP contribution in [0.15, 0.2) is 53.5 Å². The molecule has 0 atom stereocenters. The summed E-state index contributed by atoms with van der Waals surface area (Å²) in [6.45, 7) is -0.0191. The summed E-state index contributed by atoms with van der Waals surface area (Å²) in [5.41, 5.74) is 3.06. The number of hydrogen-bond donors (Lipinski definition) is 1. The van der Waals surface area contributed by atoms with Gasteiger partial charge in [0.25, 0.3) is 0 Å². The molecule has 0 bridgehead atoms. The molecule has 5 nitrogen and oxygen atoms in total. The van der Waals surface area contributed by atoms with Gasteiger partial charge in [0, 0.05) is 22.2 Å². The van der Waals surface area contributed by atoms with Gasteiger partial charge in [-0.1, -0.05) is 61.2 Å². The molecule has 1 saturated carbocycles. The number of carbonyl (C=O) groups excluding carboxylic acids is 2. The number of halogens is 1. The molecule has 1 aliphatic carbocycles. The first kappa shape index (κ1) is 19.6. The second-order valence-corrected chi connectivity index (χ2v) is 8.01. The molecular formula is C23H24ClN3O2. The predicted octanol–water partition coefficient (Wildman–Crippen LogP) is 3.97. The van der Waals surface area contributed by atoms with Crippen LogP contribution in [0.1, 0.15) is 43.2 Å². The van der Waals surface area contributed by atoms with Crippen molar-refractivity contribution < 1.29 is 9.59 Å². The summed E-state index contributed by atoms with van der Waals surface area (Å²) < 4.78 is 0. The third-order valence-corrected chi connectivity index (χ3v) is 5.73. The molecule has 0 spiro atoms. The van der Waals surface area contributed by atoms with Crippen molar-refractivity contribution >= 4 is 34.8 Å². The fourth-order valence-electron chi connectivity index (χ4n) is 4.06. The molecule has 2 aromatic rings. The Morgan fingerprint density at radius 2 is 1.86 bits per heavy atom. The Bertz CT molecular complexity index is 936. The van der Waals surface area contributed by atoms with Gasteiger partial charge in [-0.05, 0) is 31.0 Å². The van der Waals surface area contributed by atoms with Gasteiger partial charge in [-0.25, -0.2) is 0 Å². The van der Waals surface area contributed by atoms with E-state index >= 15 is 0 Å². The van der Waals surface area contributed by atoms with Gasteiger partial charge in [-0.15, -0.1) is 0 Å². The van der Waals surface area contributed by atoms with Crippen LogP contribution in [-0.2, 0) is 9.59 Å². The molecule has 2 aliphatic rings. The highest BCUT2D eigenvalue weighted by Crippen LogP contribution is 2.29. The van der Waals surface area contributed by atoms with Crippen molar-refractivity contribution in [2.24, 2.45) is 4.99 Å². The molecule has 1 fully saturated rings. The summed E-state index contributed by atoms with van der Waals surface area (Å²) in [4.78, 5) is 31.7. The van der Waals surface area contributed by atoms with E-state index in [1.54, 1.807) is 12.1 Å². The second-order valence-electron chi connectivity index (χ2n) is 7.57. The molecule has 1 N–H and O–H groups in total. The molecular weight excluding hydrogens is 386 g/mol. The van der Waals surface area contributed by atoms with E-state index in [9.17, 15) is 9.59 Å². The Morgan fingerprint density at radius 1 is 1.10 bits per heavy atom. The van der Waals surface area contributed by atoms with Crippen LogP contribution >= 0.6 is 11.6 Å². The summed E-state index contributed by atoms with van der Waals surface area (Å²) in [5, 5.41) is 3.66. The van der Waals surface area contributed by atoms with E-state index in [1.807, 2.05) is 36.4 Å². The third kappa shape index (κ3) is 4.51. The first-order chi connectivity index (χ1) is 14.1. The van der Waals surface area contributed by atoms with Crippen LogP contribution in [0.25, 0.3) is 0 Å². The van der Waals surface area contributed by atoms with Gasteiger partial charge in [0.05, 0.1) is 11.4 Å². The molecule has 150 valence electrons. The quantitative estimate of drug-likeness (QED) is 0.830. The minimum Gasteiger partial charge on any atom is -0.352 e. The number of amides is 2. The molecule has 2 aromatic carbocycles. The molecule has 1 heterocycles. The number of anilines is 1. The number of hydrogen-bond acceptors (Lipinski definition) is 3. The van der Waals surface area contributed by atoms with Gasteiger partial charge in [-0.3, -0.25) is 14.6 Å². The highest BCUT2D eigenvalue weighted by atomic mass is 35.5. The molecule has 4 rings (SSSR count). The van der Waals surface area contributed by atoms with Crippen molar-refractivity contribution in [3.8, 4) is 0 Å². The zero-order valence-corrected chi connectivity index (χ0v) is 17.0. The van der Waals surface area contributed by atoms with Gasteiger partial charge in [0.2, 0.25) is 11.8 Å². The van der Waals surface area contributed by atoms with Crippen LogP contribution in [0.2, 0.25) is 5.02 Å². The topological polar surface area (TPSA) is 61.8 Å². The average molecular weight is 410 g/mol. The maximum Gasteiger partial charge on any atom is 0.249 e. The first-order valence-corrected chi connectivity index (χ1v) is 10.5. The number of nitrogens with zero attached hydrogens (tertiary/aromatic N) is 2. The first-order valence-electron chi connectivity index (χ1n) is 10.1. The number of aliphatic imine (C=N–C) groups is 1. The summed E-state index contributed by atoms with van der Waals surface area (Å²) in [6, 6.07) is 15.3. The fraction of sp³-hybridized carbons (Fsp3) is 0.348. The lowest BCUT2D eigenvalue weighted by molar-refractivity contribution is -0.123. The van der Waals surface area contributed by atoms with Crippen molar-refractivity contribution in [1.29, 1.82) is 0 Å². The minimum absolute atomic E-state index is 0.00671. The van der Waals surface area contributed by atoms with E-state index in [1.165, 1.54) is 11.3 Å². The normalized spacial score (nSPS) is 17.3. The van der Waals surface area contributed by atoms with Gasteiger partial charge < -0.3 is 10.2 Å². The van der Waals surface area contributed by atoms with Crippen LogP contribution < -0.4 is 10.2 Å². The lowest BCUT2D eigenvalue weighted by Gasteiger charge is -2.26. The van der Waals surface area contributed by atoms with E-state index in [2.05, 4.69) is 10.3 Å². The smallest absolute Gasteiger partial charge is 0.249 e. The van der Waals surface area contributed by atoms with Crippen molar-refractivity contribution in [2.45, 2.75) is 38.1 Å². The summed E-state index contributed by atoms with van der Waals surface area (Å²) in [6.07, 6.45) is 5.53. The fourth-order valence-corrected chi connectivity index (χ4v) is 4.24. The Kier molecular flexibility index (Phi) is 5.95. The highest BCUT2D eigenvalue weighted by Gasteiger charge is 2.27. The Labute approximate surface area is 175 Å². The Morgan fingerprint density at radius 3 is 2.62 bits per heavy atom. The molecule has 1 aliphatic heterocycles. The average Bonchev–Trinajstić information content (AvgIpc) is 2.86. The molecule has 0 unspecified atom stereocenters. The van der Waals surface area contributed by atoms with Gasteiger partial charge in [0.15, 0.2) is 0 Å². The number of benzene rings is 2. The summed E-state index contributed by atoms with van der Waals surface area (Å²) >= 11 is 6.26. The van der Waals surface area contributed by atoms with Crippen molar-refractivity contribution in [3.63, 3.8) is 0 Å². The van der Waals surface area contributed by atoms with E-state index in [4.69, 9.17) is 11.6 Å². The number of carbonyl (C=O) groups is 2. The molecule has 0 aromatic heterocycles. The Balaban J connectivity index is 1.63. The van der Waals surface area contributed by atoms with E-state index < -0.39 is 0 Å². The van der Waals surface area contributed by atoms with Crippen LogP contribution in [-0.4, -0.2) is 36.7 Å². The number of fused-ring (bicyclic) bond motifs is 1. The van der Waals surface area contributed by atoms with Crippen LogP contribution in [0.4, 0.5) is 5.69 Å². The zero-order chi connectivity index (χ0) is 20.2. The molecule has 2 amide bonds. The SMILES string of the molecule is O=C(CN1C(=O)CN=C(c2ccccc2)c2cc(Cl)ccc21)NC1CCCCC1. The number of nitrogens with one attached hydrogen (secondary N) is 1. The summed E-state index contributed by atoms with van der Waals surface area (Å²) in [7, 11) is 0. The maximum atomic E-state index is 12.9. The van der Waals surface area contributed by atoms with Gasteiger partial charge in [-0.2, -0.15) is 0 Å². The van der Waals surface area contributed by atoms with Crippen molar-refractivity contribution in [1.82, 2.24) is 5.32 Å². The third-order valence-electron chi connectivity index (χ3n) is 5.50. The van der Waals surface area contributed by atoms with E-state index in [0.29, 0.717) is 16.4 Å². The lowest BCUT2D eigenvalue weighted by Crippen LogP contribution is -2.45. The van der Waals surface area contributed by atoms with Crippen LogP contribution in [0, 0.1) is 0 Å². The lowest BCUT2D eigenvalue weighted by atomic mass is 9.95. The number of benzodiazepines with no additional fused rings is 1. The van der Waals surface area contributed by atoms with E-state index in [0.717, 1.165) is 36.8 Å². The second kappa shape index (κ2) is 8.78. The minimum atomic E-state index is -0.196. The molecule has 0 radical (unpaired) electrons. The van der Waals surface area contributed by atoms with E-state index in [-0.39, 0.29) is 30.9 Å².